The Labute approximate surface area is 217 Å². The van der Waals surface area contributed by atoms with Gasteiger partial charge in [-0.1, -0.05) is 55.8 Å². The summed E-state index contributed by atoms with van der Waals surface area (Å²) < 4.78 is 0. The van der Waals surface area contributed by atoms with Crippen LogP contribution in [0.2, 0.25) is 5.02 Å². The number of carbonyl (C=O) groups is 1. The van der Waals surface area contributed by atoms with E-state index >= 15 is 0 Å². The van der Waals surface area contributed by atoms with Crippen LogP contribution in [-0.4, -0.2) is 72.4 Å². The van der Waals surface area contributed by atoms with Crippen LogP contribution in [0.3, 0.4) is 0 Å². The van der Waals surface area contributed by atoms with Gasteiger partial charge in [0.2, 0.25) is 0 Å². The van der Waals surface area contributed by atoms with Crippen molar-refractivity contribution in [1.29, 1.82) is 0 Å². The first-order valence-corrected chi connectivity index (χ1v) is 14.0. The summed E-state index contributed by atoms with van der Waals surface area (Å²) in [5.74, 6) is 0.618. The predicted molar refractivity (Wildman–Crippen MR) is 143 cm³/mol. The molecule has 3 N–H and O–H groups in total. The molecule has 3 atom stereocenters. The van der Waals surface area contributed by atoms with Crippen molar-refractivity contribution in [3.8, 4) is 0 Å². The maximum atomic E-state index is 13.4. The van der Waals surface area contributed by atoms with Crippen molar-refractivity contribution in [3.05, 3.63) is 34.9 Å². The van der Waals surface area contributed by atoms with E-state index in [1.165, 1.54) is 32.1 Å². The minimum Gasteiger partial charge on any atom is -0.396 e. The lowest BCUT2D eigenvalue weighted by Gasteiger charge is -2.43. The molecule has 1 aromatic rings. The third kappa shape index (κ3) is 8.34. The van der Waals surface area contributed by atoms with E-state index in [9.17, 15) is 15.0 Å². The Morgan fingerprint density at radius 2 is 1.97 bits per heavy atom. The number of aliphatic hydroxyl groups is 2. The number of piperidine rings is 1. The van der Waals surface area contributed by atoms with Gasteiger partial charge >= 0.3 is 6.03 Å². The number of hydrogen-bond donors (Lipinski definition) is 3. The molecule has 1 aliphatic carbocycles. The number of likely N-dealkylation sites (N-methyl/N-ethyl adjacent to an activating group) is 1. The highest BCUT2D eigenvalue weighted by Gasteiger charge is 2.41. The van der Waals surface area contributed by atoms with E-state index in [0.717, 1.165) is 31.4 Å². The predicted octanol–water partition coefficient (Wildman–Crippen LogP) is 5.01. The number of benzene rings is 1. The van der Waals surface area contributed by atoms with E-state index in [1.54, 1.807) is 0 Å². The quantitative estimate of drug-likeness (QED) is 0.368. The van der Waals surface area contributed by atoms with Gasteiger partial charge in [-0.15, -0.1) is 0 Å². The van der Waals surface area contributed by atoms with E-state index in [-0.39, 0.29) is 24.6 Å². The molecule has 3 rings (SSSR count). The highest BCUT2D eigenvalue weighted by molar-refractivity contribution is 6.30. The zero-order valence-corrected chi connectivity index (χ0v) is 22.5. The molecule has 0 spiro atoms. The highest BCUT2D eigenvalue weighted by Crippen LogP contribution is 2.40. The van der Waals surface area contributed by atoms with Crippen molar-refractivity contribution >= 4 is 17.6 Å². The molecule has 1 heterocycles. The molecule has 1 saturated carbocycles. The lowest BCUT2D eigenvalue weighted by Crippen LogP contribution is -2.54. The maximum Gasteiger partial charge on any atom is 0.317 e. The topological polar surface area (TPSA) is 76.0 Å². The molecule has 0 unspecified atom stereocenters. The Hall–Kier alpha value is -1.34. The van der Waals surface area contributed by atoms with Gasteiger partial charge in [0.05, 0.1) is 5.60 Å². The molecule has 0 bridgehead atoms. The normalized spacial score (nSPS) is 22.1. The molecule has 35 heavy (non-hydrogen) atoms. The summed E-state index contributed by atoms with van der Waals surface area (Å²) in [6.07, 6.45) is 11.1. The average molecular weight is 508 g/mol. The van der Waals surface area contributed by atoms with Crippen LogP contribution < -0.4 is 5.32 Å². The zero-order valence-electron chi connectivity index (χ0n) is 21.7. The van der Waals surface area contributed by atoms with Gasteiger partial charge < -0.3 is 25.3 Å². The first kappa shape index (κ1) is 28.2. The number of halogens is 1. The molecule has 1 saturated heterocycles. The first-order valence-electron chi connectivity index (χ1n) is 13.6. The number of urea groups is 1. The summed E-state index contributed by atoms with van der Waals surface area (Å²) in [5, 5.41) is 25.2. The monoisotopic (exact) mass is 507 g/mol. The fourth-order valence-electron chi connectivity index (χ4n) is 6.11. The van der Waals surface area contributed by atoms with Crippen molar-refractivity contribution in [3.63, 3.8) is 0 Å². The molecule has 2 aliphatic rings. The Balaban J connectivity index is 1.70. The maximum absolute atomic E-state index is 13.4. The Morgan fingerprint density at radius 3 is 2.66 bits per heavy atom. The summed E-state index contributed by atoms with van der Waals surface area (Å²) in [6, 6.07) is 7.59. The van der Waals surface area contributed by atoms with Crippen LogP contribution in [0.1, 0.15) is 76.2 Å². The van der Waals surface area contributed by atoms with E-state index in [4.69, 9.17) is 11.6 Å². The number of likely N-dealkylation sites (tertiary alicyclic amines) is 1. The number of amides is 2. The summed E-state index contributed by atoms with van der Waals surface area (Å²) in [7, 11) is 4.13. The third-order valence-corrected chi connectivity index (χ3v) is 8.17. The summed E-state index contributed by atoms with van der Waals surface area (Å²) >= 11 is 6.28. The Morgan fingerprint density at radius 1 is 1.20 bits per heavy atom. The number of hydrogen-bond acceptors (Lipinski definition) is 4. The molecule has 0 radical (unpaired) electrons. The van der Waals surface area contributed by atoms with Gasteiger partial charge in [0.15, 0.2) is 0 Å². The van der Waals surface area contributed by atoms with Gasteiger partial charge in [0, 0.05) is 43.2 Å². The molecule has 1 aromatic carbocycles. The Bertz CT molecular complexity index is 786. The number of unbranched alkanes of at least 4 members (excludes halogenated alkanes) is 1. The fourth-order valence-corrected chi connectivity index (χ4v) is 6.30. The summed E-state index contributed by atoms with van der Waals surface area (Å²) in [4.78, 5) is 17.5. The lowest BCUT2D eigenvalue weighted by atomic mass is 9.74. The number of nitrogens with one attached hydrogen (secondary N) is 1. The minimum absolute atomic E-state index is 0.0128. The second-order valence-electron chi connectivity index (χ2n) is 11.0. The number of rotatable bonds is 11. The van der Waals surface area contributed by atoms with Crippen molar-refractivity contribution in [2.75, 3.05) is 40.3 Å². The molecule has 198 valence electrons. The van der Waals surface area contributed by atoms with Crippen molar-refractivity contribution in [2.24, 2.45) is 11.8 Å². The molecule has 0 aromatic heterocycles. The average Bonchev–Trinajstić information content (AvgIpc) is 2.84. The molecule has 7 heteroatoms. The van der Waals surface area contributed by atoms with Gasteiger partial charge in [0.25, 0.3) is 0 Å². The van der Waals surface area contributed by atoms with E-state index < -0.39 is 5.60 Å². The highest BCUT2D eigenvalue weighted by atomic mass is 35.5. The van der Waals surface area contributed by atoms with Crippen LogP contribution in [0.4, 0.5) is 4.79 Å². The molecule has 2 fully saturated rings. The smallest absolute Gasteiger partial charge is 0.317 e. The van der Waals surface area contributed by atoms with Gasteiger partial charge in [-0.2, -0.15) is 0 Å². The molecule has 1 aliphatic heterocycles. The van der Waals surface area contributed by atoms with Gasteiger partial charge in [0.1, 0.15) is 0 Å². The molecular formula is C28H46ClN3O3. The van der Waals surface area contributed by atoms with E-state index in [0.29, 0.717) is 43.3 Å². The van der Waals surface area contributed by atoms with Crippen molar-refractivity contribution < 1.29 is 15.0 Å². The SMILES string of the molecule is CN(C)C[C@H](CC1CCCCC1)NC(=O)N1CCC[C@@H]([C@@](O)(CCCCO)c2cccc(Cl)c2)C1. The number of nitrogens with zero attached hydrogens (tertiary/aromatic N) is 2. The van der Waals surface area contributed by atoms with Crippen molar-refractivity contribution in [2.45, 2.75) is 82.3 Å². The number of carbonyl (C=O) groups excluding carboxylic acids is 1. The summed E-state index contributed by atoms with van der Waals surface area (Å²) in [6.45, 7) is 2.18. The standard InChI is InChI=1S/C28H46ClN3O3/c1-31(2)21-26(18-22-10-4-3-5-11-22)30-27(34)32-16-9-13-24(20-32)28(35,15-6-7-17-33)23-12-8-14-25(29)19-23/h8,12,14,19,22,24,26,33,35H,3-7,9-11,13,15-18,20-21H2,1-2H3,(H,30,34)/t24-,26+,28-/m1/s1. The van der Waals surface area contributed by atoms with Crippen molar-refractivity contribution in [1.82, 2.24) is 15.1 Å². The fraction of sp³-hybridized carbons (Fsp3) is 0.750. The van der Waals surface area contributed by atoms with Crippen LogP contribution in [0.25, 0.3) is 0 Å². The first-order chi connectivity index (χ1) is 16.8. The van der Waals surface area contributed by atoms with Crippen LogP contribution in [0, 0.1) is 11.8 Å². The van der Waals surface area contributed by atoms with Crippen LogP contribution in [0.15, 0.2) is 24.3 Å². The lowest BCUT2D eigenvalue weighted by molar-refractivity contribution is -0.0562. The van der Waals surface area contributed by atoms with Crippen LogP contribution in [0.5, 0.6) is 0 Å². The van der Waals surface area contributed by atoms with Gasteiger partial charge in [-0.3, -0.25) is 0 Å². The van der Waals surface area contributed by atoms with Gasteiger partial charge in [-0.25, -0.2) is 4.79 Å². The third-order valence-electron chi connectivity index (χ3n) is 7.93. The number of aliphatic hydroxyl groups excluding tert-OH is 1. The largest absolute Gasteiger partial charge is 0.396 e. The van der Waals surface area contributed by atoms with E-state index in [2.05, 4.69) is 24.3 Å². The summed E-state index contributed by atoms with van der Waals surface area (Å²) in [5.41, 5.74) is -0.276. The zero-order chi connectivity index (χ0) is 25.3. The second kappa shape index (κ2) is 13.8. The molecule has 2 amide bonds. The molecule has 6 nitrogen and oxygen atoms in total. The minimum atomic E-state index is -1.08. The second-order valence-corrected chi connectivity index (χ2v) is 11.5. The molecular weight excluding hydrogens is 462 g/mol. The van der Waals surface area contributed by atoms with Crippen LogP contribution in [-0.2, 0) is 5.60 Å². The van der Waals surface area contributed by atoms with E-state index in [1.807, 2.05) is 29.2 Å². The van der Waals surface area contributed by atoms with Gasteiger partial charge in [-0.05, 0) is 76.2 Å². The van der Waals surface area contributed by atoms with Crippen LogP contribution >= 0.6 is 11.6 Å². The Kier molecular flexibility index (Phi) is 11.2.